The Kier molecular flexibility index (Phi) is 16.1. The molecular formula is C55H56O15. The number of rotatable bonds is 16. The lowest BCUT2D eigenvalue weighted by Crippen LogP contribution is -2.11. The molecule has 9 rings (SSSR count). The molecule has 6 aromatic carbocycles. The van der Waals surface area contributed by atoms with Crippen LogP contribution in [0.1, 0.15) is 78.7 Å². The number of benzene rings is 6. The van der Waals surface area contributed by atoms with Crippen LogP contribution >= 0.6 is 0 Å². The molecule has 0 amide bonds. The Morgan fingerprint density at radius 3 is 1.46 bits per heavy atom. The van der Waals surface area contributed by atoms with E-state index < -0.39 is 12.2 Å². The molecule has 2 aliphatic heterocycles. The van der Waals surface area contributed by atoms with Gasteiger partial charge in [0.05, 0.1) is 54.4 Å². The van der Waals surface area contributed by atoms with Crippen molar-refractivity contribution in [2.45, 2.75) is 46.8 Å². The first kappa shape index (κ1) is 49.7. The van der Waals surface area contributed by atoms with Gasteiger partial charge >= 0.3 is 0 Å². The average Bonchev–Trinajstić information content (AvgIpc) is 4.02. The summed E-state index contributed by atoms with van der Waals surface area (Å²) in [6.07, 6.45) is -1.49. The Morgan fingerprint density at radius 2 is 0.943 bits per heavy atom. The summed E-state index contributed by atoms with van der Waals surface area (Å²) in [5, 5.41) is 20.0. The number of methoxy groups -OCH3 is 3. The van der Waals surface area contributed by atoms with E-state index in [9.17, 15) is 19.8 Å². The minimum Gasteiger partial charge on any atom is -0.508 e. The minimum absolute atomic E-state index is 0.101. The number of ketones is 2. The Morgan fingerprint density at radius 1 is 0.486 bits per heavy atom. The van der Waals surface area contributed by atoms with E-state index in [0.29, 0.717) is 95.8 Å². The number of carbonyl (C=O) groups is 2. The van der Waals surface area contributed by atoms with Crippen LogP contribution in [-0.2, 0) is 0 Å². The predicted molar refractivity (Wildman–Crippen MR) is 262 cm³/mol. The van der Waals surface area contributed by atoms with Crippen LogP contribution in [0.15, 0.2) is 114 Å². The van der Waals surface area contributed by atoms with Gasteiger partial charge < -0.3 is 62.0 Å². The molecule has 2 aliphatic rings. The number of hydrogen-bond acceptors (Lipinski definition) is 15. The highest BCUT2D eigenvalue weighted by atomic mass is 16.5. The van der Waals surface area contributed by atoms with Crippen LogP contribution < -0.4 is 47.4 Å². The molecule has 0 saturated heterocycles. The van der Waals surface area contributed by atoms with E-state index in [0.717, 1.165) is 34.1 Å². The number of phenols is 2. The van der Waals surface area contributed by atoms with E-state index in [1.807, 2.05) is 95.3 Å². The molecule has 0 aliphatic carbocycles. The fraction of sp³-hybridized carbons (Fsp3) is 0.273. The van der Waals surface area contributed by atoms with E-state index in [1.54, 1.807) is 57.7 Å². The van der Waals surface area contributed by atoms with Gasteiger partial charge in [-0.3, -0.25) is 9.59 Å². The van der Waals surface area contributed by atoms with Crippen LogP contribution in [0, 0.1) is 0 Å². The minimum atomic E-state index is -0.816. The van der Waals surface area contributed by atoms with Gasteiger partial charge in [-0.05, 0) is 83.1 Å². The van der Waals surface area contributed by atoms with Gasteiger partial charge in [0.1, 0.15) is 85.3 Å². The maximum absolute atomic E-state index is 12.8. The highest BCUT2D eigenvalue weighted by molar-refractivity contribution is 6.08. The first-order valence-electron chi connectivity index (χ1n) is 22.8. The van der Waals surface area contributed by atoms with Crippen LogP contribution in [0.4, 0.5) is 0 Å². The number of Topliss-reactive ketones (excluding diaryl/α,β-unsaturated/α-hetero) is 2. The Labute approximate surface area is 405 Å². The monoisotopic (exact) mass is 956 g/mol. The highest BCUT2D eigenvalue weighted by Gasteiger charge is 2.38. The molecule has 2 atom stereocenters. The van der Waals surface area contributed by atoms with E-state index >= 15 is 0 Å². The van der Waals surface area contributed by atoms with Crippen molar-refractivity contribution < 1.29 is 71.6 Å². The number of carbonyl (C=O) groups excluding carboxylic acids is 2. The summed E-state index contributed by atoms with van der Waals surface area (Å²) in [5.74, 6) is 5.89. The number of phenolic OH excluding ortho intramolecular Hbond substituents is 2. The molecule has 0 radical (unpaired) electrons. The third-order valence-electron chi connectivity index (χ3n) is 10.9. The van der Waals surface area contributed by atoms with Crippen LogP contribution in [0.25, 0.3) is 22.3 Å². The Bertz CT molecular complexity index is 2900. The third kappa shape index (κ3) is 10.7. The third-order valence-corrected chi connectivity index (χ3v) is 10.9. The molecule has 15 heteroatoms. The summed E-state index contributed by atoms with van der Waals surface area (Å²) < 4.78 is 61.6. The van der Waals surface area contributed by atoms with Gasteiger partial charge in [-0.15, -0.1) is 0 Å². The molecule has 366 valence electrons. The molecule has 0 bridgehead atoms. The normalized spacial score (nSPS) is 14.1. The van der Waals surface area contributed by atoms with Crippen molar-refractivity contribution in [1.82, 2.24) is 0 Å². The largest absolute Gasteiger partial charge is 0.508 e. The fourth-order valence-corrected chi connectivity index (χ4v) is 7.84. The molecule has 0 saturated carbocycles. The quantitative estimate of drug-likeness (QED) is 0.0933. The van der Waals surface area contributed by atoms with Crippen LogP contribution in [0.5, 0.6) is 69.0 Å². The average molecular weight is 957 g/mol. The van der Waals surface area contributed by atoms with Crippen molar-refractivity contribution >= 4 is 22.5 Å². The molecule has 2 unspecified atom stereocenters. The molecule has 15 nitrogen and oxygen atoms in total. The molecule has 0 fully saturated rings. The zero-order valence-corrected chi connectivity index (χ0v) is 40.3. The molecule has 1 aromatic heterocycles. The zero-order chi connectivity index (χ0) is 49.9. The van der Waals surface area contributed by atoms with Gasteiger partial charge in [-0.2, -0.15) is 0 Å². The summed E-state index contributed by atoms with van der Waals surface area (Å²) in [6, 6.07) is 31.5. The number of hydrogen-bond donors (Lipinski definition) is 2. The van der Waals surface area contributed by atoms with E-state index in [1.165, 1.54) is 6.07 Å². The summed E-state index contributed by atoms with van der Waals surface area (Å²) in [5.41, 5.74) is 3.59. The van der Waals surface area contributed by atoms with Gasteiger partial charge in [0.25, 0.3) is 0 Å². The topological polar surface area (TPSA) is 180 Å². The summed E-state index contributed by atoms with van der Waals surface area (Å²) in [7, 11) is 4.81. The summed E-state index contributed by atoms with van der Waals surface area (Å²) in [4.78, 5) is 25.1. The predicted octanol–water partition coefficient (Wildman–Crippen LogP) is 11.5. The lowest BCUT2D eigenvalue weighted by Gasteiger charge is -2.11. The van der Waals surface area contributed by atoms with E-state index in [2.05, 4.69) is 0 Å². The SMILES string of the molecule is CCOc1cc(OCC)c2c(OCC)c(-c3ccc(OC)cc3)oc2c1.CCOc1cc(OCC)c2c(c1)OC(c1ccc(OC)cc1)C2=O.COc1ccc(C2Oc3cc(O)cc(O)c3C2=O)cc1. The fourth-order valence-electron chi connectivity index (χ4n) is 7.84. The van der Waals surface area contributed by atoms with E-state index in [4.69, 9.17) is 51.8 Å². The second-order valence-electron chi connectivity index (χ2n) is 15.4. The number of aromatic hydroxyl groups is 2. The molecular weight excluding hydrogens is 901 g/mol. The molecule has 2 N–H and O–H groups in total. The van der Waals surface area contributed by atoms with Gasteiger partial charge in [0, 0.05) is 53.1 Å². The maximum Gasteiger partial charge on any atom is 0.215 e. The van der Waals surface area contributed by atoms with Gasteiger partial charge in [-0.1, -0.05) is 24.3 Å². The molecule has 70 heavy (non-hydrogen) atoms. The van der Waals surface area contributed by atoms with Gasteiger partial charge in [0.2, 0.25) is 11.6 Å². The summed E-state index contributed by atoms with van der Waals surface area (Å²) >= 11 is 0. The van der Waals surface area contributed by atoms with Crippen molar-refractivity contribution in [3.05, 3.63) is 131 Å². The molecule has 3 heterocycles. The zero-order valence-electron chi connectivity index (χ0n) is 40.3. The first-order chi connectivity index (χ1) is 34.0. The van der Waals surface area contributed by atoms with Crippen molar-refractivity contribution in [3.8, 4) is 80.3 Å². The first-order valence-corrected chi connectivity index (χ1v) is 22.8. The van der Waals surface area contributed by atoms with Crippen LogP contribution in [0.3, 0.4) is 0 Å². The summed E-state index contributed by atoms with van der Waals surface area (Å²) in [6.45, 7) is 12.2. The molecule has 7 aromatic rings. The molecule has 0 spiro atoms. The number of fused-ring (bicyclic) bond motifs is 3. The standard InChI is InChI=1S/C21H24O5.C19H20O5.C15H12O5/c1-5-23-16-12-17(24-6-2)19-18(13-16)26-20(21(19)25-7-3)14-8-10-15(22-4)11-9-14;1-4-22-14-10-15(23-5-2)17-16(11-14)24-19(18(17)20)12-6-8-13(21-3)9-7-12;1-19-10-4-2-8(3-5-10)15-14(18)13-11(17)6-9(16)7-12(13)20-15/h8-13H,5-7H2,1-4H3;6-11,19H,4-5H2,1-3H3;2-7,15-17H,1H3. The van der Waals surface area contributed by atoms with Gasteiger partial charge in [-0.25, -0.2) is 0 Å². The highest BCUT2D eigenvalue weighted by Crippen LogP contribution is 2.48. The van der Waals surface area contributed by atoms with Crippen molar-refractivity contribution in [2.24, 2.45) is 0 Å². The second-order valence-corrected chi connectivity index (χ2v) is 15.4. The number of ether oxygens (including phenoxy) is 10. The van der Waals surface area contributed by atoms with Gasteiger partial charge in [0.15, 0.2) is 23.7 Å². The van der Waals surface area contributed by atoms with E-state index in [-0.39, 0.29) is 34.4 Å². The maximum atomic E-state index is 12.8. The lowest BCUT2D eigenvalue weighted by molar-refractivity contribution is 0.0850. The van der Waals surface area contributed by atoms with Crippen molar-refractivity contribution in [2.75, 3.05) is 54.4 Å². The van der Waals surface area contributed by atoms with Crippen LogP contribution in [-0.4, -0.2) is 76.1 Å². The number of furan rings is 1. The van der Waals surface area contributed by atoms with Crippen molar-refractivity contribution in [1.29, 1.82) is 0 Å². The smallest absolute Gasteiger partial charge is 0.215 e. The van der Waals surface area contributed by atoms with Crippen molar-refractivity contribution in [3.63, 3.8) is 0 Å². The Balaban J connectivity index is 0.000000156. The second kappa shape index (κ2) is 22.7. The lowest BCUT2D eigenvalue weighted by atomic mass is 10.0. The van der Waals surface area contributed by atoms with Crippen LogP contribution in [0.2, 0.25) is 0 Å². The Hall–Kier alpha value is -8.20.